The van der Waals surface area contributed by atoms with Crippen LogP contribution in [0, 0.1) is 0 Å². The number of anilines is 1. The summed E-state index contributed by atoms with van der Waals surface area (Å²) in [6, 6.07) is 6.18. The number of ether oxygens (including phenoxy) is 1. The largest absolute Gasteiger partial charge is 0.494 e. The van der Waals surface area contributed by atoms with Crippen molar-refractivity contribution >= 4 is 17.5 Å². The van der Waals surface area contributed by atoms with E-state index in [1.807, 2.05) is 6.92 Å². The highest BCUT2D eigenvalue weighted by molar-refractivity contribution is 6.22. The predicted octanol–water partition coefficient (Wildman–Crippen LogP) is -0.0450. The first-order valence-electron chi connectivity index (χ1n) is 8.28. The van der Waals surface area contributed by atoms with Crippen LogP contribution in [0.1, 0.15) is 19.0 Å². The van der Waals surface area contributed by atoms with Gasteiger partial charge in [0.2, 0.25) is 5.91 Å². The average Bonchev–Trinajstić information content (AvgIpc) is 3.09. The standard InChI is InChI=1S/C17H20N4O5/c1-4-25-12-7-5-11(6-8-12)21-15(22)9-13(16(21)23)19(2)10-14-17(24)26-18-20(14)3/h5-8,13H,4,9-10H2,1-3H3/p+1. The monoisotopic (exact) mass is 361 g/mol. The summed E-state index contributed by atoms with van der Waals surface area (Å²) in [6.07, 6.45) is 0.0576. The molecule has 1 fully saturated rings. The maximum atomic E-state index is 12.8. The lowest BCUT2D eigenvalue weighted by Gasteiger charge is -2.20. The van der Waals surface area contributed by atoms with E-state index in [1.165, 1.54) is 9.58 Å². The molecule has 9 nitrogen and oxygen atoms in total. The highest BCUT2D eigenvalue weighted by Gasteiger charge is 2.42. The van der Waals surface area contributed by atoms with Gasteiger partial charge in [-0.3, -0.25) is 19.0 Å². The lowest BCUT2D eigenvalue weighted by molar-refractivity contribution is -0.746. The van der Waals surface area contributed by atoms with Crippen molar-refractivity contribution < 1.29 is 23.5 Å². The number of benzene rings is 1. The fraction of sp³-hybridized carbons (Fsp3) is 0.412. The van der Waals surface area contributed by atoms with Crippen LogP contribution in [0.5, 0.6) is 5.75 Å². The van der Waals surface area contributed by atoms with Crippen molar-refractivity contribution in [2.45, 2.75) is 25.9 Å². The van der Waals surface area contributed by atoms with Gasteiger partial charge in [-0.05, 0) is 43.5 Å². The van der Waals surface area contributed by atoms with Gasteiger partial charge in [-0.25, -0.2) is 9.69 Å². The van der Waals surface area contributed by atoms with Crippen LogP contribution in [0.25, 0.3) is 0 Å². The number of imide groups is 1. The first-order chi connectivity index (χ1) is 12.4. The normalized spacial score (nSPS) is 17.4. The third-order valence-electron chi connectivity index (χ3n) is 4.38. The van der Waals surface area contributed by atoms with E-state index in [9.17, 15) is 14.4 Å². The lowest BCUT2D eigenvalue weighted by atomic mass is 10.2. The minimum Gasteiger partial charge on any atom is -0.494 e. The van der Waals surface area contributed by atoms with Crippen LogP contribution in [-0.4, -0.2) is 41.7 Å². The Kier molecular flexibility index (Phi) is 4.90. The molecule has 2 heterocycles. The molecule has 3 rings (SSSR count). The Morgan fingerprint density at radius 3 is 2.58 bits per heavy atom. The minimum atomic E-state index is -0.636. The zero-order chi connectivity index (χ0) is 18.8. The van der Waals surface area contributed by atoms with E-state index in [0.717, 1.165) is 0 Å². The van der Waals surface area contributed by atoms with Crippen LogP contribution in [0.4, 0.5) is 5.69 Å². The number of rotatable bonds is 6. The van der Waals surface area contributed by atoms with Crippen LogP contribution in [0.3, 0.4) is 0 Å². The second-order valence-corrected chi connectivity index (χ2v) is 6.12. The van der Waals surface area contributed by atoms with Gasteiger partial charge in [0.15, 0.2) is 7.05 Å². The van der Waals surface area contributed by atoms with Gasteiger partial charge < -0.3 is 4.74 Å². The van der Waals surface area contributed by atoms with E-state index < -0.39 is 11.7 Å². The second-order valence-electron chi connectivity index (χ2n) is 6.12. The van der Waals surface area contributed by atoms with Crippen molar-refractivity contribution in [3.05, 3.63) is 40.4 Å². The molecule has 1 unspecified atom stereocenters. The topological polar surface area (TPSA) is 99.7 Å². The van der Waals surface area contributed by atoms with Crippen molar-refractivity contribution in [2.75, 3.05) is 18.6 Å². The highest BCUT2D eigenvalue weighted by atomic mass is 16.5. The fourth-order valence-electron chi connectivity index (χ4n) is 2.97. The number of hydrogen-bond donors (Lipinski definition) is 1. The Hall–Kier alpha value is -2.94. The molecular weight excluding hydrogens is 340 g/mol. The average molecular weight is 361 g/mol. The molecule has 2 aromatic rings. The maximum absolute atomic E-state index is 12.8. The Bertz CT molecular complexity index is 870. The second kappa shape index (κ2) is 7.12. The van der Waals surface area contributed by atoms with Gasteiger partial charge >= 0.3 is 11.3 Å². The number of amides is 2. The molecule has 1 aliphatic rings. The Balaban J connectivity index is 1.76. The zero-order valence-electron chi connectivity index (χ0n) is 14.9. The molecule has 1 saturated heterocycles. The van der Waals surface area contributed by atoms with Gasteiger partial charge in [-0.15, -0.1) is 0 Å². The van der Waals surface area contributed by atoms with Crippen molar-refractivity contribution in [2.24, 2.45) is 7.05 Å². The summed E-state index contributed by atoms with van der Waals surface area (Å²) >= 11 is 0. The van der Waals surface area contributed by atoms with Crippen LogP contribution in [-0.2, 0) is 23.2 Å². The number of aryl methyl sites for hydroxylation is 1. The number of nitrogens with one attached hydrogen (secondary N) is 1. The molecule has 1 aliphatic heterocycles. The number of likely N-dealkylation sites (N-methyl/N-ethyl adjacent to an activating group) is 1. The van der Waals surface area contributed by atoms with E-state index >= 15 is 0 Å². The highest BCUT2D eigenvalue weighted by Crippen LogP contribution is 2.27. The van der Waals surface area contributed by atoms with E-state index in [1.54, 1.807) is 43.3 Å². The third-order valence-corrected chi connectivity index (χ3v) is 4.38. The quantitative estimate of drug-likeness (QED) is 0.572. The van der Waals surface area contributed by atoms with Crippen LogP contribution >= 0.6 is 0 Å². The van der Waals surface area contributed by atoms with E-state index in [2.05, 4.69) is 5.27 Å². The van der Waals surface area contributed by atoms with Gasteiger partial charge in [0.25, 0.3) is 5.91 Å². The van der Waals surface area contributed by atoms with Crippen LogP contribution in [0.15, 0.2) is 33.6 Å². The number of hydrogen-bond acceptors (Lipinski definition) is 6. The molecule has 26 heavy (non-hydrogen) atoms. The molecule has 0 saturated carbocycles. The van der Waals surface area contributed by atoms with Gasteiger partial charge in [0, 0.05) is 0 Å². The van der Waals surface area contributed by atoms with Gasteiger partial charge in [-0.1, -0.05) is 4.68 Å². The summed E-state index contributed by atoms with van der Waals surface area (Å²) in [5.41, 5.74) is 0.373. The Morgan fingerprint density at radius 2 is 2.00 bits per heavy atom. The number of carbonyl (C=O) groups excluding carboxylic acids is 2. The summed E-state index contributed by atoms with van der Waals surface area (Å²) in [6.45, 7) is 2.61. The number of aromatic nitrogens is 2. The maximum Gasteiger partial charge on any atom is 0.431 e. The number of carbonyl (C=O) groups is 2. The first-order valence-corrected chi connectivity index (χ1v) is 8.28. The number of aromatic amines is 1. The molecule has 9 heteroatoms. The molecule has 1 aromatic carbocycles. The zero-order valence-corrected chi connectivity index (χ0v) is 14.9. The Morgan fingerprint density at radius 1 is 1.31 bits per heavy atom. The summed E-state index contributed by atoms with van der Waals surface area (Å²) in [5, 5.41) is 2.43. The molecule has 2 amide bonds. The number of H-pyrrole nitrogens is 1. The molecule has 1 aromatic heterocycles. The first kappa shape index (κ1) is 17.9. The molecule has 0 radical (unpaired) electrons. The van der Waals surface area contributed by atoms with Crippen molar-refractivity contribution in [1.29, 1.82) is 0 Å². The summed E-state index contributed by atoms with van der Waals surface area (Å²) in [7, 11) is 3.34. The molecular formula is C17H21N4O5+. The molecule has 1 N–H and O–H groups in total. The summed E-state index contributed by atoms with van der Waals surface area (Å²) < 4.78 is 11.5. The summed E-state index contributed by atoms with van der Waals surface area (Å²) in [4.78, 5) is 39.7. The smallest absolute Gasteiger partial charge is 0.431 e. The van der Waals surface area contributed by atoms with E-state index in [-0.39, 0.29) is 24.8 Å². The van der Waals surface area contributed by atoms with E-state index in [0.29, 0.717) is 23.7 Å². The van der Waals surface area contributed by atoms with Crippen molar-refractivity contribution in [1.82, 2.24) is 10.2 Å². The molecule has 0 spiro atoms. The molecule has 1 atom stereocenters. The van der Waals surface area contributed by atoms with E-state index in [4.69, 9.17) is 9.26 Å². The molecule has 138 valence electrons. The fourth-order valence-corrected chi connectivity index (χ4v) is 2.97. The van der Waals surface area contributed by atoms with Gasteiger partial charge in [0.1, 0.15) is 5.75 Å². The molecule has 0 bridgehead atoms. The van der Waals surface area contributed by atoms with Gasteiger partial charge in [-0.2, -0.15) is 0 Å². The van der Waals surface area contributed by atoms with Crippen LogP contribution in [0.2, 0.25) is 0 Å². The molecule has 0 aliphatic carbocycles. The SMILES string of the molecule is CCOc1ccc(N2C(=O)CC(N(C)Cc3c(=O)o[nH][n+]3C)C2=O)cc1. The lowest BCUT2D eigenvalue weighted by Crippen LogP contribution is -2.44. The Labute approximate surface area is 149 Å². The van der Waals surface area contributed by atoms with Crippen LogP contribution < -0.4 is 19.9 Å². The summed E-state index contributed by atoms with van der Waals surface area (Å²) in [5.74, 6) is 0.0846. The minimum absolute atomic E-state index is 0.0576. The third kappa shape index (κ3) is 3.25. The predicted molar refractivity (Wildman–Crippen MR) is 90.5 cm³/mol. The van der Waals surface area contributed by atoms with Crippen molar-refractivity contribution in [3.8, 4) is 5.75 Å². The van der Waals surface area contributed by atoms with Gasteiger partial charge in [0.05, 0.1) is 31.3 Å². The van der Waals surface area contributed by atoms with Crippen molar-refractivity contribution in [3.63, 3.8) is 0 Å². The number of nitrogens with zero attached hydrogens (tertiary/aromatic N) is 3.